The summed E-state index contributed by atoms with van der Waals surface area (Å²) in [6, 6.07) is 13.5. The van der Waals surface area contributed by atoms with Crippen molar-refractivity contribution in [2.45, 2.75) is 32.9 Å². The van der Waals surface area contributed by atoms with Crippen LogP contribution in [0.15, 0.2) is 48.7 Å². The number of carbonyl (C=O) groups excluding carboxylic acids is 1. The van der Waals surface area contributed by atoms with E-state index >= 15 is 0 Å². The third-order valence-electron chi connectivity index (χ3n) is 5.07. The molecule has 3 heterocycles. The van der Waals surface area contributed by atoms with Crippen LogP contribution in [0.1, 0.15) is 36.8 Å². The highest BCUT2D eigenvalue weighted by Crippen LogP contribution is 2.26. The highest BCUT2D eigenvalue weighted by molar-refractivity contribution is 5.93. The Morgan fingerprint density at radius 1 is 1.13 bits per heavy atom. The quantitative estimate of drug-likeness (QED) is 0.683. The second-order valence-electron chi connectivity index (χ2n) is 8.51. The van der Waals surface area contributed by atoms with Gasteiger partial charge in [0.1, 0.15) is 0 Å². The number of morpholine rings is 1. The lowest BCUT2D eigenvalue weighted by molar-refractivity contribution is 0.0944. The molecule has 1 aliphatic heterocycles. The van der Waals surface area contributed by atoms with Gasteiger partial charge in [0.15, 0.2) is 5.69 Å². The maximum absolute atomic E-state index is 12.8. The van der Waals surface area contributed by atoms with E-state index in [0.29, 0.717) is 31.4 Å². The van der Waals surface area contributed by atoms with Crippen molar-refractivity contribution in [3.63, 3.8) is 0 Å². The molecule has 1 N–H and O–H groups in total. The number of nitrogens with zero attached hydrogens (tertiary/aromatic N) is 5. The largest absolute Gasteiger partial charge is 0.378 e. The van der Waals surface area contributed by atoms with Crippen LogP contribution in [-0.2, 0) is 16.8 Å². The van der Waals surface area contributed by atoms with Crippen molar-refractivity contribution in [2.75, 3.05) is 31.2 Å². The zero-order chi connectivity index (χ0) is 21.8. The van der Waals surface area contributed by atoms with Crippen LogP contribution in [0.2, 0.25) is 0 Å². The number of anilines is 1. The Morgan fingerprint density at radius 3 is 2.58 bits per heavy atom. The van der Waals surface area contributed by atoms with Crippen LogP contribution >= 0.6 is 0 Å². The van der Waals surface area contributed by atoms with Crippen LogP contribution in [-0.4, -0.2) is 52.0 Å². The van der Waals surface area contributed by atoms with Crippen LogP contribution in [0.3, 0.4) is 0 Å². The Morgan fingerprint density at radius 2 is 1.87 bits per heavy atom. The van der Waals surface area contributed by atoms with Gasteiger partial charge in [0, 0.05) is 25.8 Å². The molecule has 3 aromatic rings. The Bertz CT molecular complexity index is 1040. The van der Waals surface area contributed by atoms with Gasteiger partial charge in [-0.05, 0) is 38.5 Å². The molecular formula is C23H28N6O2. The smallest absolute Gasteiger partial charge is 0.272 e. The Hall–Kier alpha value is -3.26. The Labute approximate surface area is 182 Å². The molecule has 1 saturated heterocycles. The van der Waals surface area contributed by atoms with Crippen molar-refractivity contribution in [1.29, 1.82) is 0 Å². The van der Waals surface area contributed by atoms with Gasteiger partial charge in [-0.15, -0.1) is 0 Å². The SMILES string of the molecule is CC(C)(C)n1nc(C(=O)NCc2ccccc2)cc1-c1ccnc(N2CCOCC2)n1. The van der Waals surface area contributed by atoms with Gasteiger partial charge in [0.25, 0.3) is 5.91 Å². The summed E-state index contributed by atoms with van der Waals surface area (Å²) in [4.78, 5) is 24.1. The third-order valence-corrected chi connectivity index (χ3v) is 5.07. The molecule has 4 rings (SSSR count). The summed E-state index contributed by atoms with van der Waals surface area (Å²) in [6.45, 7) is 9.46. The molecule has 1 amide bonds. The van der Waals surface area contributed by atoms with Crippen LogP contribution in [0.25, 0.3) is 11.4 Å². The minimum Gasteiger partial charge on any atom is -0.378 e. The molecule has 0 radical (unpaired) electrons. The lowest BCUT2D eigenvalue weighted by Crippen LogP contribution is -2.37. The summed E-state index contributed by atoms with van der Waals surface area (Å²) in [5, 5.41) is 7.57. The van der Waals surface area contributed by atoms with Crippen molar-refractivity contribution in [3.8, 4) is 11.4 Å². The Balaban J connectivity index is 1.61. The molecule has 31 heavy (non-hydrogen) atoms. The monoisotopic (exact) mass is 420 g/mol. The maximum atomic E-state index is 12.8. The van der Waals surface area contributed by atoms with Gasteiger partial charge in [0.2, 0.25) is 5.95 Å². The predicted octanol–water partition coefficient (Wildman–Crippen LogP) is 2.86. The lowest BCUT2D eigenvalue weighted by Gasteiger charge is -2.27. The summed E-state index contributed by atoms with van der Waals surface area (Å²) >= 11 is 0. The highest BCUT2D eigenvalue weighted by Gasteiger charge is 2.24. The summed E-state index contributed by atoms with van der Waals surface area (Å²) in [5.41, 5.74) is 2.61. The maximum Gasteiger partial charge on any atom is 0.272 e. The molecule has 0 aliphatic carbocycles. The minimum atomic E-state index is -0.322. The molecular weight excluding hydrogens is 392 g/mol. The van der Waals surface area contributed by atoms with Gasteiger partial charge in [-0.25, -0.2) is 9.97 Å². The number of amides is 1. The van der Waals surface area contributed by atoms with Crippen LogP contribution in [0.4, 0.5) is 5.95 Å². The first kappa shape index (κ1) is 21.0. The van der Waals surface area contributed by atoms with Gasteiger partial charge in [0.05, 0.1) is 30.1 Å². The molecule has 1 fully saturated rings. The lowest BCUT2D eigenvalue weighted by atomic mass is 10.1. The third kappa shape index (κ3) is 4.91. The number of hydrogen-bond donors (Lipinski definition) is 1. The van der Waals surface area contributed by atoms with E-state index in [1.165, 1.54) is 0 Å². The Kier molecular flexibility index (Phi) is 5.99. The summed E-state index contributed by atoms with van der Waals surface area (Å²) in [6.07, 6.45) is 1.75. The zero-order valence-electron chi connectivity index (χ0n) is 18.2. The van der Waals surface area contributed by atoms with Gasteiger partial charge in [-0.1, -0.05) is 30.3 Å². The van der Waals surface area contributed by atoms with Gasteiger partial charge in [-0.2, -0.15) is 5.10 Å². The van der Waals surface area contributed by atoms with E-state index in [9.17, 15) is 4.79 Å². The fourth-order valence-corrected chi connectivity index (χ4v) is 3.46. The predicted molar refractivity (Wildman–Crippen MR) is 119 cm³/mol. The standard InChI is InChI=1S/C23H28N6O2/c1-23(2,3)29-20(18-9-10-24-22(26-18)28-11-13-31-14-12-28)15-19(27-29)21(30)25-16-17-7-5-4-6-8-17/h4-10,15H,11-14,16H2,1-3H3,(H,25,30). The van der Waals surface area contributed by atoms with Crippen LogP contribution in [0.5, 0.6) is 0 Å². The normalized spacial score (nSPS) is 14.5. The van der Waals surface area contributed by atoms with E-state index in [0.717, 1.165) is 30.0 Å². The average Bonchev–Trinajstić information content (AvgIpc) is 3.25. The first-order valence-corrected chi connectivity index (χ1v) is 10.5. The van der Waals surface area contributed by atoms with E-state index in [1.54, 1.807) is 12.3 Å². The fourth-order valence-electron chi connectivity index (χ4n) is 3.46. The number of hydrogen-bond acceptors (Lipinski definition) is 6. The number of ether oxygens (including phenoxy) is 1. The second-order valence-corrected chi connectivity index (χ2v) is 8.51. The average molecular weight is 421 g/mol. The van der Waals surface area contributed by atoms with E-state index < -0.39 is 0 Å². The molecule has 1 aromatic carbocycles. The molecule has 2 aromatic heterocycles. The van der Waals surface area contributed by atoms with Gasteiger partial charge in [-0.3, -0.25) is 9.48 Å². The fraction of sp³-hybridized carbons (Fsp3) is 0.391. The first-order chi connectivity index (χ1) is 14.9. The number of rotatable bonds is 5. The molecule has 0 atom stereocenters. The molecule has 0 saturated carbocycles. The van der Waals surface area contributed by atoms with Gasteiger partial charge >= 0.3 is 0 Å². The van der Waals surface area contributed by atoms with Crippen molar-refractivity contribution >= 4 is 11.9 Å². The molecule has 162 valence electrons. The number of carbonyl (C=O) groups is 1. The molecule has 8 nitrogen and oxygen atoms in total. The number of benzene rings is 1. The van der Waals surface area contributed by atoms with Crippen molar-refractivity contribution in [2.24, 2.45) is 0 Å². The highest BCUT2D eigenvalue weighted by atomic mass is 16.5. The van der Waals surface area contributed by atoms with E-state index in [4.69, 9.17) is 9.72 Å². The minimum absolute atomic E-state index is 0.212. The molecule has 0 unspecified atom stereocenters. The number of nitrogens with one attached hydrogen (secondary N) is 1. The summed E-state index contributed by atoms with van der Waals surface area (Å²) in [5.74, 6) is 0.452. The van der Waals surface area contributed by atoms with Crippen molar-refractivity contribution in [1.82, 2.24) is 25.1 Å². The second kappa shape index (κ2) is 8.85. The summed E-state index contributed by atoms with van der Waals surface area (Å²) < 4.78 is 7.29. The van der Waals surface area contributed by atoms with E-state index in [1.807, 2.05) is 41.1 Å². The first-order valence-electron chi connectivity index (χ1n) is 10.5. The van der Waals surface area contributed by atoms with E-state index in [-0.39, 0.29) is 11.4 Å². The van der Waals surface area contributed by atoms with Crippen LogP contribution in [0, 0.1) is 0 Å². The van der Waals surface area contributed by atoms with Crippen molar-refractivity contribution < 1.29 is 9.53 Å². The van der Waals surface area contributed by atoms with Crippen molar-refractivity contribution in [3.05, 3.63) is 59.9 Å². The molecule has 0 spiro atoms. The molecule has 1 aliphatic rings. The number of aromatic nitrogens is 4. The van der Waals surface area contributed by atoms with Crippen LogP contribution < -0.4 is 10.2 Å². The van der Waals surface area contributed by atoms with Gasteiger partial charge < -0.3 is 15.0 Å². The summed E-state index contributed by atoms with van der Waals surface area (Å²) in [7, 11) is 0. The van der Waals surface area contributed by atoms with E-state index in [2.05, 4.69) is 41.1 Å². The molecule has 0 bridgehead atoms. The zero-order valence-corrected chi connectivity index (χ0v) is 18.2. The molecule has 8 heteroatoms. The topological polar surface area (TPSA) is 85.2 Å².